The molecule has 0 saturated heterocycles. The lowest BCUT2D eigenvalue weighted by Crippen LogP contribution is -1.87. The van der Waals surface area contributed by atoms with Gasteiger partial charge in [0.15, 0.2) is 5.78 Å². The van der Waals surface area contributed by atoms with Crippen LogP contribution < -0.4 is 0 Å². The molecule has 2 aromatic heterocycles. The van der Waals surface area contributed by atoms with Gasteiger partial charge in [0.2, 0.25) is 0 Å². The monoisotopic (exact) mass is 288 g/mol. The summed E-state index contributed by atoms with van der Waals surface area (Å²) in [5.41, 5.74) is 0. The number of carbonyl (C=O) groups excluding carboxylic acids is 1. The van der Waals surface area contributed by atoms with Gasteiger partial charge in [-0.15, -0.1) is 22.7 Å². The van der Waals surface area contributed by atoms with Crippen molar-refractivity contribution in [1.29, 1.82) is 0 Å². The van der Waals surface area contributed by atoms with Gasteiger partial charge in [0.05, 0.1) is 0 Å². The molecule has 0 fully saturated rings. The zero-order valence-corrected chi connectivity index (χ0v) is 11.7. The smallest absolute Gasteiger partial charge is 0.182 e. The maximum atomic E-state index is 11.6. The molecular formula is C15H12O2S2. The summed E-state index contributed by atoms with van der Waals surface area (Å²) < 4.78 is 0. The zero-order chi connectivity index (χ0) is 13.5. The highest BCUT2D eigenvalue weighted by Gasteiger charge is 1.95. The predicted octanol–water partition coefficient (Wildman–Crippen LogP) is 4.55. The van der Waals surface area contributed by atoms with Crippen molar-refractivity contribution in [2.24, 2.45) is 0 Å². The highest BCUT2D eigenvalue weighted by Crippen LogP contribution is 2.12. The maximum absolute atomic E-state index is 11.6. The van der Waals surface area contributed by atoms with Crippen molar-refractivity contribution in [2.75, 3.05) is 0 Å². The van der Waals surface area contributed by atoms with E-state index in [1.165, 1.54) is 18.2 Å². The summed E-state index contributed by atoms with van der Waals surface area (Å²) in [6.45, 7) is 0. The van der Waals surface area contributed by atoms with Crippen molar-refractivity contribution >= 4 is 40.6 Å². The molecule has 19 heavy (non-hydrogen) atoms. The molecule has 96 valence electrons. The number of hydrogen-bond donors (Lipinski definition) is 1. The lowest BCUT2D eigenvalue weighted by atomic mass is 10.2. The number of thiophene rings is 2. The summed E-state index contributed by atoms with van der Waals surface area (Å²) in [5, 5.41) is 13.5. The molecule has 0 aliphatic rings. The Morgan fingerprint density at radius 3 is 2.11 bits per heavy atom. The SMILES string of the molecule is O=C(/C=C(O)/C=C/c1cccs1)/C=C/c1cccs1. The molecule has 0 amide bonds. The summed E-state index contributed by atoms with van der Waals surface area (Å²) >= 11 is 3.13. The number of aliphatic hydroxyl groups is 1. The Kier molecular flexibility index (Phi) is 4.89. The van der Waals surface area contributed by atoms with Gasteiger partial charge in [-0.1, -0.05) is 12.1 Å². The Balaban J connectivity index is 1.94. The van der Waals surface area contributed by atoms with Crippen LogP contribution in [0.15, 0.2) is 59.0 Å². The molecule has 0 saturated carbocycles. The molecule has 2 nitrogen and oxygen atoms in total. The van der Waals surface area contributed by atoms with Crippen LogP contribution in [0, 0.1) is 0 Å². The molecule has 2 aromatic rings. The molecule has 0 spiro atoms. The quantitative estimate of drug-likeness (QED) is 0.498. The fourth-order valence-electron chi connectivity index (χ4n) is 1.35. The van der Waals surface area contributed by atoms with Crippen molar-refractivity contribution in [3.63, 3.8) is 0 Å². The summed E-state index contributed by atoms with van der Waals surface area (Å²) in [7, 11) is 0. The molecular weight excluding hydrogens is 276 g/mol. The standard InChI is InChI=1S/C15H12O2S2/c16-12(5-7-14-3-1-9-18-14)11-13(17)6-8-15-4-2-10-19-15/h1-11,16H/b7-5+,8-6+,12-11-. The van der Waals surface area contributed by atoms with Crippen LogP contribution in [-0.4, -0.2) is 10.9 Å². The first kappa shape index (κ1) is 13.5. The minimum Gasteiger partial charge on any atom is -0.508 e. The fourth-order valence-corrected chi connectivity index (χ4v) is 2.58. The molecule has 0 aromatic carbocycles. The van der Waals surface area contributed by atoms with Gasteiger partial charge in [0.25, 0.3) is 0 Å². The second-order valence-electron chi connectivity index (χ2n) is 3.67. The maximum Gasteiger partial charge on any atom is 0.182 e. The third-order valence-corrected chi connectivity index (χ3v) is 3.88. The van der Waals surface area contributed by atoms with E-state index in [9.17, 15) is 9.90 Å². The number of rotatable bonds is 5. The van der Waals surface area contributed by atoms with Crippen LogP contribution in [0.2, 0.25) is 0 Å². The van der Waals surface area contributed by atoms with Crippen LogP contribution >= 0.6 is 22.7 Å². The molecule has 0 aliphatic heterocycles. The van der Waals surface area contributed by atoms with Gasteiger partial charge in [0, 0.05) is 15.8 Å². The van der Waals surface area contributed by atoms with Crippen LogP contribution in [0.5, 0.6) is 0 Å². The first-order chi connectivity index (χ1) is 9.24. The number of ketones is 1. The Labute approximate surface area is 119 Å². The van der Waals surface area contributed by atoms with Gasteiger partial charge in [0.1, 0.15) is 5.76 Å². The summed E-state index contributed by atoms with van der Waals surface area (Å²) in [6.07, 6.45) is 7.67. The largest absolute Gasteiger partial charge is 0.508 e. The van der Waals surface area contributed by atoms with Crippen LogP contribution in [-0.2, 0) is 4.79 Å². The van der Waals surface area contributed by atoms with Crippen molar-refractivity contribution in [3.05, 3.63) is 68.8 Å². The van der Waals surface area contributed by atoms with Crippen molar-refractivity contribution in [3.8, 4) is 0 Å². The van der Waals surface area contributed by atoms with E-state index in [1.54, 1.807) is 34.8 Å². The second kappa shape index (κ2) is 6.87. The van der Waals surface area contributed by atoms with E-state index in [0.717, 1.165) is 9.75 Å². The molecule has 0 unspecified atom stereocenters. The summed E-state index contributed by atoms with van der Waals surface area (Å²) in [5.74, 6) is -0.282. The number of aliphatic hydroxyl groups excluding tert-OH is 1. The number of allylic oxidation sites excluding steroid dienone is 3. The molecule has 0 aliphatic carbocycles. The molecule has 4 heteroatoms. The van der Waals surface area contributed by atoms with Crippen LogP contribution in [0.4, 0.5) is 0 Å². The van der Waals surface area contributed by atoms with Gasteiger partial charge in [-0.25, -0.2) is 0 Å². The van der Waals surface area contributed by atoms with E-state index < -0.39 is 0 Å². The van der Waals surface area contributed by atoms with E-state index in [4.69, 9.17) is 0 Å². The van der Waals surface area contributed by atoms with Crippen molar-refractivity contribution in [2.45, 2.75) is 0 Å². The first-order valence-electron chi connectivity index (χ1n) is 5.62. The van der Waals surface area contributed by atoms with Gasteiger partial charge in [-0.2, -0.15) is 0 Å². The Hall–Kier alpha value is -1.91. The van der Waals surface area contributed by atoms with E-state index in [1.807, 2.05) is 35.0 Å². The van der Waals surface area contributed by atoms with Crippen LogP contribution in [0.3, 0.4) is 0 Å². The fraction of sp³-hybridized carbons (Fsp3) is 0. The molecule has 1 N–H and O–H groups in total. The average molecular weight is 288 g/mol. The van der Waals surface area contributed by atoms with Crippen molar-refractivity contribution < 1.29 is 9.90 Å². The summed E-state index contributed by atoms with van der Waals surface area (Å²) in [6, 6.07) is 7.72. The van der Waals surface area contributed by atoms with Crippen molar-refractivity contribution in [1.82, 2.24) is 0 Å². The van der Waals surface area contributed by atoms with Crippen LogP contribution in [0.1, 0.15) is 9.75 Å². The third-order valence-electron chi connectivity index (χ3n) is 2.21. The third kappa shape index (κ3) is 4.69. The average Bonchev–Trinajstić information content (AvgIpc) is 3.07. The zero-order valence-electron chi connectivity index (χ0n) is 10.0. The Bertz CT molecular complexity index is 603. The van der Waals surface area contributed by atoms with Gasteiger partial charge in [-0.05, 0) is 47.2 Å². The van der Waals surface area contributed by atoms with E-state index in [2.05, 4.69) is 0 Å². The lowest BCUT2D eigenvalue weighted by molar-refractivity contribution is -0.110. The van der Waals surface area contributed by atoms with Gasteiger partial charge in [-0.3, -0.25) is 4.79 Å². The topological polar surface area (TPSA) is 37.3 Å². The highest BCUT2D eigenvalue weighted by atomic mass is 32.1. The first-order valence-corrected chi connectivity index (χ1v) is 7.38. The highest BCUT2D eigenvalue weighted by molar-refractivity contribution is 7.11. The second-order valence-corrected chi connectivity index (χ2v) is 5.63. The van der Waals surface area contributed by atoms with E-state index in [-0.39, 0.29) is 11.5 Å². The molecule has 0 bridgehead atoms. The van der Waals surface area contributed by atoms with Gasteiger partial charge >= 0.3 is 0 Å². The molecule has 2 heterocycles. The number of carbonyl (C=O) groups is 1. The van der Waals surface area contributed by atoms with Crippen LogP contribution in [0.25, 0.3) is 12.2 Å². The normalized spacial score (nSPS) is 12.5. The molecule has 0 atom stereocenters. The number of hydrogen-bond acceptors (Lipinski definition) is 4. The van der Waals surface area contributed by atoms with E-state index in [0.29, 0.717) is 0 Å². The lowest BCUT2D eigenvalue weighted by Gasteiger charge is -1.89. The Morgan fingerprint density at radius 1 is 1.00 bits per heavy atom. The summed E-state index contributed by atoms with van der Waals surface area (Å²) in [4.78, 5) is 13.6. The predicted molar refractivity (Wildman–Crippen MR) is 82.4 cm³/mol. The molecule has 2 rings (SSSR count). The Morgan fingerprint density at radius 2 is 1.58 bits per heavy atom. The molecule has 0 radical (unpaired) electrons. The minimum absolute atomic E-state index is 0.0470. The van der Waals surface area contributed by atoms with Gasteiger partial charge < -0.3 is 5.11 Å². The van der Waals surface area contributed by atoms with E-state index >= 15 is 0 Å². The minimum atomic E-state index is -0.235.